The number of ether oxygens (including phenoxy) is 2. The molecule has 2 fully saturated rings. The minimum atomic E-state index is -0.117. The Labute approximate surface area is 98.3 Å². The first-order valence-electron chi connectivity index (χ1n) is 6.15. The van der Waals surface area contributed by atoms with E-state index in [0.29, 0.717) is 11.3 Å². The summed E-state index contributed by atoms with van der Waals surface area (Å²) in [6, 6.07) is 0. The van der Waals surface area contributed by atoms with Gasteiger partial charge in [0.1, 0.15) is 6.26 Å². The van der Waals surface area contributed by atoms with Crippen LogP contribution >= 0.6 is 0 Å². The first-order valence-corrected chi connectivity index (χ1v) is 6.15. The molecule has 0 aromatic heterocycles. The normalized spacial score (nSPS) is 40.0. The molecule has 0 N–H and O–H groups in total. The lowest BCUT2D eigenvalue weighted by Gasteiger charge is -2.49. The molecule has 0 unspecified atom stereocenters. The maximum Gasteiger partial charge on any atom is 0.205 e. The molecule has 2 bridgehead atoms. The van der Waals surface area contributed by atoms with Gasteiger partial charge in [-0.15, -0.1) is 0 Å². The second-order valence-electron chi connectivity index (χ2n) is 5.75. The zero-order valence-corrected chi connectivity index (χ0v) is 10.7. The van der Waals surface area contributed by atoms with Gasteiger partial charge >= 0.3 is 0 Å². The van der Waals surface area contributed by atoms with Crippen molar-refractivity contribution in [2.24, 2.45) is 16.7 Å². The van der Waals surface area contributed by atoms with E-state index in [-0.39, 0.29) is 11.7 Å². The first kappa shape index (κ1) is 11.8. The van der Waals surface area contributed by atoms with Crippen molar-refractivity contribution in [2.45, 2.75) is 46.8 Å². The number of hydrogen-bond acceptors (Lipinski definition) is 2. The Bertz CT molecular complexity index is 326. The third-order valence-electron chi connectivity index (χ3n) is 4.90. The molecule has 1 saturated heterocycles. The Morgan fingerprint density at radius 1 is 1.38 bits per heavy atom. The molecule has 1 aliphatic carbocycles. The molecular weight excluding hydrogens is 200 g/mol. The highest BCUT2D eigenvalue weighted by Gasteiger charge is 2.60. The fourth-order valence-electron chi connectivity index (χ4n) is 3.08. The number of allylic oxidation sites excluding steroid dienone is 1. The average molecular weight is 222 g/mol. The monoisotopic (exact) mass is 222 g/mol. The molecule has 0 radical (unpaired) electrons. The van der Waals surface area contributed by atoms with Crippen LogP contribution in [0.15, 0.2) is 18.1 Å². The summed E-state index contributed by atoms with van der Waals surface area (Å²) in [5.74, 6) is 0.683. The average Bonchev–Trinajstić information content (AvgIpc) is 2.39. The van der Waals surface area contributed by atoms with Crippen molar-refractivity contribution < 1.29 is 9.47 Å². The molecule has 1 saturated carbocycles. The third kappa shape index (κ3) is 1.52. The molecule has 90 valence electrons. The maximum atomic E-state index is 5.84. The van der Waals surface area contributed by atoms with Gasteiger partial charge in [0.2, 0.25) is 6.29 Å². The molecule has 0 amide bonds. The van der Waals surface area contributed by atoms with Gasteiger partial charge in [0, 0.05) is 5.41 Å². The standard InChI is InChI=1S/C14H22O2/c1-5-6-9-15-12-14(4)8-7-11(10-16-12)13(14,2)3/h5,9,11-12H,7-8,10H2,1-4H3/t6?,11-,12-,14+/m1/s1. The summed E-state index contributed by atoms with van der Waals surface area (Å²) >= 11 is 0. The van der Waals surface area contributed by atoms with Crippen LogP contribution in [0.4, 0.5) is 0 Å². The van der Waals surface area contributed by atoms with Crippen molar-refractivity contribution in [1.82, 2.24) is 0 Å². The smallest absolute Gasteiger partial charge is 0.205 e. The highest BCUT2D eigenvalue weighted by Crippen LogP contribution is 2.61. The molecule has 0 aromatic carbocycles. The van der Waals surface area contributed by atoms with Gasteiger partial charge in [-0.2, -0.15) is 0 Å². The summed E-state index contributed by atoms with van der Waals surface area (Å²) in [6.07, 6.45) is 5.81. The van der Waals surface area contributed by atoms with E-state index >= 15 is 0 Å². The first-order chi connectivity index (χ1) is 7.52. The van der Waals surface area contributed by atoms with E-state index in [2.05, 4.69) is 26.5 Å². The van der Waals surface area contributed by atoms with Gasteiger partial charge in [-0.3, -0.25) is 0 Å². The fraction of sp³-hybridized carbons (Fsp3) is 0.786. The van der Waals surface area contributed by atoms with Gasteiger partial charge in [-0.1, -0.05) is 26.5 Å². The van der Waals surface area contributed by atoms with Crippen molar-refractivity contribution in [1.29, 1.82) is 0 Å². The van der Waals surface area contributed by atoms with E-state index in [0.717, 1.165) is 6.61 Å². The summed E-state index contributed by atoms with van der Waals surface area (Å²) in [7, 11) is 0. The Balaban J connectivity index is 2.19. The van der Waals surface area contributed by atoms with Gasteiger partial charge < -0.3 is 9.47 Å². The molecule has 1 heterocycles. The van der Waals surface area contributed by atoms with E-state index in [1.807, 2.05) is 13.0 Å². The van der Waals surface area contributed by atoms with E-state index in [4.69, 9.17) is 9.47 Å². The highest BCUT2D eigenvalue weighted by atomic mass is 16.7. The number of hydrogen-bond donors (Lipinski definition) is 0. The Kier molecular flexibility index (Phi) is 2.90. The largest absolute Gasteiger partial charge is 0.464 e. The zero-order valence-electron chi connectivity index (χ0n) is 10.7. The van der Waals surface area contributed by atoms with Crippen molar-refractivity contribution in [3.63, 3.8) is 0 Å². The summed E-state index contributed by atoms with van der Waals surface area (Å²) in [6.45, 7) is 9.75. The quantitative estimate of drug-likeness (QED) is 0.526. The van der Waals surface area contributed by atoms with Crippen molar-refractivity contribution in [3.8, 4) is 0 Å². The van der Waals surface area contributed by atoms with E-state index in [1.165, 1.54) is 12.8 Å². The lowest BCUT2D eigenvalue weighted by Crippen LogP contribution is -2.50. The van der Waals surface area contributed by atoms with Crippen LogP contribution in [0, 0.1) is 16.7 Å². The Hall–Kier alpha value is -0.720. The second kappa shape index (κ2) is 3.94. The summed E-state index contributed by atoms with van der Waals surface area (Å²) < 4.78 is 11.5. The van der Waals surface area contributed by atoms with Crippen LogP contribution in [0.1, 0.15) is 40.5 Å². The molecule has 2 rings (SSSR count). The Morgan fingerprint density at radius 3 is 2.81 bits per heavy atom. The van der Waals surface area contributed by atoms with Crippen LogP contribution < -0.4 is 0 Å². The molecule has 0 spiro atoms. The van der Waals surface area contributed by atoms with Gasteiger partial charge in [-0.05, 0) is 37.2 Å². The van der Waals surface area contributed by atoms with E-state index in [1.54, 1.807) is 6.26 Å². The summed E-state index contributed by atoms with van der Waals surface area (Å²) in [5.41, 5.74) is 3.38. The lowest BCUT2D eigenvalue weighted by molar-refractivity contribution is -0.243. The third-order valence-corrected chi connectivity index (χ3v) is 4.90. The van der Waals surface area contributed by atoms with Crippen molar-refractivity contribution >= 4 is 0 Å². The van der Waals surface area contributed by atoms with Crippen LogP contribution in [-0.2, 0) is 9.47 Å². The van der Waals surface area contributed by atoms with Crippen LogP contribution in [0.2, 0.25) is 0 Å². The van der Waals surface area contributed by atoms with Crippen LogP contribution in [0.5, 0.6) is 0 Å². The number of rotatable bonds is 2. The number of fused-ring (bicyclic) bond motifs is 2. The maximum absolute atomic E-state index is 5.84. The molecule has 0 aromatic rings. The molecular formula is C14H22O2. The molecule has 2 heteroatoms. The van der Waals surface area contributed by atoms with Gasteiger partial charge in [-0.25, -0.2) is 0 Å². The predicted octanol–water partition coefficient (Wildman–Crippen LogP) is 3.49. The van der Waals surface area contributed by atoms with E-state index < -0.39 is 0 Å². The molecule has 1 aliphatic heterocycles. The lowest BCUT2D eigenvalue weighted by atomic mass is 9.64. The molecule has 3 atom stereocenters. The van der Waals surface area contributed by atoms with Crippen molar-refractivity contribution in [3.05, 3.63) is 18.1 Å². The Morgan fingerprint density at radius 2 is 2.12 bits per heavy atom. The van der Waals surface area contributed by atoms with Gasteiger partial charge in [0.25, 0.3) is 0 Å². The molecule has 2 aliphatic rings. The van der Waals surface area contributed by atoms with E-state index in [9.17, 15) is 0 Å². The van der Waals surface area contributed by atoms with Crippen LogP contribution in [0.25, 0.3) is 0 Å². The summed E-state index contributed by atoms with van der Waals surface area (Å²) in [4.78, 5) is 0. The fourth-order valence-corrected chi connectivity index (χ4v) is 3.08. The van der Waals surface area contributed by atoms with Gasteiger partial charge in [0.15, 0.2) is 0 Å². The highest BCUT2D eigenvalue weighted by molar-refractivity contribution is 5.05. The van der Waals surface area contributed by atoms with Crippen LogP contribution in [-0.4, -0.2) is 12.9 Å². The predicted molar refractivity (Wildman–Crippen MR) is 63.8 cm³/mol. The second-order valence-corrected chi connectivity index (χ2v) is 5.75. The summed E-state index contributed by atoms with van der Waals surface area (Å²) in [5, 5.41) is 0. The minimum Gasteiger partial charge on any atom is -0.464 e. The van der Waals surface area contributed by atoms with Crippen molar-refractivity contribution in [2.75, 3.05) is 6.61 Å². The minimum absolute atomic E-state index is 0.117. The zero-order chi connectivity index (χ0) is 11.8. The van der Waals surface area contributed by atoms with Crippen LogP contribution in [0.3, 0.4) is 0 Å². The van der Waals surface area contributed by atoms with Gasteiger partial charge in [0.05, 0.1) is 6.61 Å². The topological polar surface area (TPSA) is 18.5 Å². The molecule has 16 heavy (non-hydrogen) atoms. The molecule has 2 nitrogen and oxygen atoms in total. The SMILES string of the molecule is CC=C=CO[C@@H]1OC[C@H]2CC[C@]1(C)C2(C)C.